The van der Waals surface area contributed by atoms with Gasteiger partial charge in [0.2, 0.25) is 5.78 Å². The molecule has 32 heavy (non-hydrogen) atoms. The van der Waals surface area contributed by atoms with Gasteiger partial charge in [-0.2, -0.15) is 13.2 Å². The summed E-state index contributed by atoms with van der Waals surface area (Å²) in [5, 5.41) is 4.37. The van der Waals surface area contributed by atoms with Gasteiger partial charge in [-0.1, -0.05) is 41.0 Å². The van der Waals surface area contributed by atoms with Gasteiger partial charge in [-0.15, -0.1) is 0 Å². The number of rotatable bonds is 8. The van der Waals surface area contributed by atoms with Crippen LogP contribution in [0.4, 0.5) is 13.2 Å². The Bertz CT molecular complexity index is 1090. The van der Waals surface area contributed by atoms with Crippen molar-refractivity contribution >= 4 is 23.1 Å². The van der Waals surface area contributed by atoms with E-state index in [0.29, 0.717) is 27.6 Å². The lowest BCUT2D eigenvalue weighted by atomic mass is 10.1. The van der Waals surface area contributed by atoms with Crippen LogP contribution < -0.4 is 4.74 Å². The van der Waals surface area contributed by atoms with Gasteiger partial charge in [0.05, 0.1) is 16.3 Å². The molecule has 166 valence electrons. The van der Waals surface area contributed by atoms with E-state index in [1.165, 1.54) is 12.1 Å². The van der Waals surface area contributed by atoms with E-state index in [1.807, 2.05) is 0 Å². The zero-order valence-corrected chi connectivity index (χ0v) is 17.8. The molecule has 0 N–H and O–H groups in total. The molecule has 0 bridgehead atoms. The molecule has 0 fully saturated rings. The third kappa shape index (κ3) is 6.34. The van der Waals surface area contributed by atoms with Crippen LogP contribution in [0.1, 0.15) is 34.0 Å². The number of halogens is 4. The molecule has 0 radical (unpaired) electrons. The molecule has 8 heteroatoms. The van der Waals surface area contributed by atoms with Crippen LogP contribution in [0, 0.1) is 0 Å². The minimum atomic E-state index is -4.37. The number of carbonyl (C=O) groups excluding carboxylic acids is 1. The van der Waals surface area contributed by atoms with Crippen molar-refractivity contribution < 1.29 is 27.5 Å². The number of hydrogen-bond acceptors (Lipinski definition) is 4. The summed E-state index contributed by atoms with van der Waals surface area (Å²) < 4.78 is 43.3. The predicted molar refractivity (Wildman–Crippen MR) is 116 cm³/mol. The van der Waals surface area contributed by atoms with E-state index >= 15 is 0 Å². The lowest BCUT2D eigenvalue weighted by Gasteiger charge is -2.08. The molecule has 4 nitrogen and oxygen atoms in total. The highest BCUT2D eigenvalue weighted by Crippen LogP contribution is 2.29. The Morgan fingerprint density at radius 3 is 2.25 bits per heavy atom. The minimum Gasteiger partial charge on any atom is -0.485 e. The van der Waals surface area contributed by atoms with Gasteiger partial charge in [0.25, 0.3) is 0 Å². The lowest BCUT2D eigenvalue weighted by molar-refractivity contribution is -0.137. The topological polar surface area (TPSA) is 47.9 Å². The first kappa shape index (κ1) is 23.3. The molecule has 3 aromatic carbocycles. The highest BCUT2D eigenvalue weighted by molar-refractivity contribution is 6.34. The summed E-state index contributed by atoms with van der Waals surface area (Å²) in [5.74, 6) is 0.279. The molecule has 0 heterocycles. The van der Waals surface area contributed by atoms with Crippen LogP contribution in [0.15, 0.2) is 78.0 Å². The maximum atomic E-state index is 12.6. The SMILES string of the molecule is CC(=NOCc1ccc(C(F)(F)F)cc1)c1ccc(OCC(=O)c2ccccc2Cl)cc1. The number of hydrogen-bond donors (Lipinski definition) is 0. The third-order valence-corrected chi connectivity index (χ3v) is 4.86. The Morgan fingerprint density at radius 1 is 0.969 bits per heavy atom. The van der Waals surface area contributed by atoms with E-state index < -0.39 is 11.7 Å². The van der Waals surface area contributed by atoms with Crippen LogP contribution in [0.25, 0.3) is 0 Å². The normalized spacial score (nSPS) is 11.8. The van der Waals surface area contributed by atoms with Gasteiger partial charge in [0.15, 0.2) is 6.61 Å². The van der Waals surface area contributed by atoms with E-state index in [-0.39, 0.29) is 19.0 Å². The molecule has 0 aliphatic carbocycles. The number of Topliss-reactive ketones (excluding diaryl/α,β-unsaturated/α-hetero) is 1. The Kier molecular flexibility index (Phi) is 7.53. The standard InChI is InChI=1S/C24H19ClF3NO3/c1-16(29-32-14-17-6-10-19(11-7-17)24(26,27)28)18-8-12-20(13-9-18)31-15-23(30)21-4-2-3-5-22(21)25/h2-13H,14-15H2,1H3. The fourth-order valence-corrected chi connectivity index (χ4v) is 2.99. The summed E-state index contributed by atoms with van der Waals surface area (Å²) in [6.07, 6.45) is -4.37. The highest BCUT2D eigenvalue weighted by Gasteiger charge is 2.29. The van der Waals surface area contributed by atoms with Crippen molar-refractivity contribution in [3.8, 4) is 5.75 Å². The van der Waals surface area contributed by atoms with Crippen molar-refractivity contribution in [1.29, 1.82) is 0 Å². The summed E-state index contributed by atoms with van der Waals surface area (Å²) in [5.41, 5.74) is 1.61. The quantitative estimate of drug-likeness (QED) is 0.217. The van der Waals surface area contributed by atoms with Gasteiger partial charge in [0, 0.05) is 5.56 Å². The molecule has 0 aliphatic rings. The van der Waals surface area contributed by atoms with Crippen LogP contribution >= 0.6 is 11.6 Å². The summed E-state index contributed by atoms with van der Waals surface area (Å²) in [4.78, 5) is 17.5. The van der Waals surface area contributed by atoms with Crippen LogP contribution in [0.5, 0.6) is 5.75 Å². The van der Waals surface area contributed by atoms with E-state index in [4.69, 9.17) is 21.2 Å². The van der Waals surface area contributed by atoms with Crippen molar-refractivity contribution in [2.24, 2.45) is 5.16 Å². The Morgan fingerprint density at radius 2 is 1.62 bits per heavy atom. The monoisotopic (exact) mass is 461 g/mol. The number of nitrogens with zero attached hydrogens (tertiary/aromatic N) is 1. The van der Waals surface area contributed by atoms with Crippen molar-refractivity contribution in [2.75, 3.05) is 6.61 Å². The Labute approximate surface area is 188 Å². The first-order valence-electron chi connectivity index (χ1n) is 9.57. The van der Waals surface area contributed by atoms with E-state index in [1.54, 1.807) is 55.5 Å². The van der Waals surface area contributed by atoms with Crippen LogP contribution in [0.2, 0.25) is 5.02 Å². The first-order chi connectivity index (χ1) is 15.2. The van der Waals surface area contributed by atoms with Gasteiger partial charge in [-0.25, -0.2) is 0 Å². The molecule has 0 amide bonds. The molecule has 3 aromatic rings. The number of oxime groups is 1. The van der Waals surface area contributed by atoms with E-state index in [2.05, 4.69) is 5.16 Å². The number of benzene rings is 3. The van der Waals surface area contributed by atoms with Gasteiger partial charge in [-0.3, -0.25) is 4.79 Å². The zero-order valence-electron chi connectivity index (χ0n) is 17.0. The second-order valence-corrected chi connectivity index (χ2v) is 7.27. The lowest BCUT2D eigenvalue weighted by Crippen LogP contribution is -2.12. The largest absolute Gasteiger partial charge is 0.485 e. The molecule has 0 spiro atoms. The molecule has 3 rings (SSSR count). The summed E-state index contributed by atoms with van der Waals surface area (Å²) in [7, 11) is 0. The molecular formula is C24H19ClF3NO3. The summed E-state index contributed by atoms with van der Waals surface area (Å²) in [6, 6.07) is 18.4. The maximum Gasteiger partial charge on any atom is 0.416 e. The number of ether oxygens (including phenoxy) is 1. The highest BCUT2D eigenvalue weighted by atomic mass is 35.5. The van der Waals surface area contributed by atoms with Crippen LogP contribution in [0.3, 0.4) is 0 Å². The zero-order chi connectivity index (χ0) is 23.1. The van der Waals surface area contributed by atoms with E-state index in [9.17, 15) is 18.0 Å². The van der Waals surface area contributed by atoms with Gasteiger partial charge >= 0.3 is 6.18 Å². The molecule has 0 saturated carbocycles. The van der Waals surface area contributed by atoms with Crippen LogP contribution in [-0.4, -0.2) is 18.1 Å². The number of ketones is 1. The van der Waals surface area contributed by atoms with Crippen molar-refractivity contribution in [3.63, 3.8) is 0 Å². The second kappa shape index (κ2) is 10.3. The molecular weight excluding hydrogens is 443 g/mol. The predicted octanol–water partition coefficient (Wildman–Crippen LogP) is 6.56. The van der Waals surface area contributed by atoms with Gasteiger partial charge in [-0.05, 0) is 66.6 Å². The minimum absolute atomic E-state index is 0.0425. The van der Waals surface area contributed by atoms with Crippen molar-refractivity contribution in [2.45, 2.75) is 19.7 Å². The van der Waals surface area contributed by atoms with Gasteiger partial charge < -0.3 is 9.57 Å². The first-order valence-corrected chi connectivity index (χ1v) is 9.95. The average Bonchev–Trinajstić information content (AvgIpc) is 2.78. The number of alkyl halides is 3. The second-order valence-electron chi connectivity index (χ2n) is 6.86. The molecule has 0 atom stereocenters. The molecule has 0 aliphatic heterocycles. The Hall–Kier alpha value is -3.32. The molecule has 0 unspecified atom stereocenters. The van der Waals surface area contributed by atoms with Crippen molar-refractivity contribution in [3.05, 3.63) is 100 Å². The maximum absolute atomic E-state index is 12.6. The Balaban J connectivity index is 1.52. The van der Waals surface area contributed by atoms with Crippen LogP contribution in [-0.2, 0) is 17.6 Å². The van der Waals surface area contributed by atoms with E-state index in [0.717, 1.165) is 17.7 Å². The smallest absolute Gasteiger partial charge is 0.416 e. The average molecular weight is 462 g/mol. The van der Waals surface area contributed by atoms with Crippen molar-refractivity contribution in [1.82, 2.24) is 0 Å². The molecule has 0 saturated heterocycles. The molecule has 0 aromatic heterocycles. The fourth-order valence-electron chi connectivity index (χ4n) is 2.75. The third-order valence-electron chi connectivity index (χ3n) is 4.53. The number of carbonyl (C=O) groups is 1. The summed E-state index contributed by atoms with van der Waals surface area (Å²) >= 11 is 6.02. The fraction of sp³-hybridized carbons (Fsp3) is 0.167. The summed E-state index contributed by atoms with van der Waals surface area (Å²) in [6.45, 7) is 1.64. The van der Waals surface area contributed by atoms with Gasteiger partial charge in [0.1, 0.15) is 12.4 Å².